The molecule has 1 aliphatic heterocycles. The van der Waals surface area contributed by atoms with Gasteiger partial charge in [-0.1, -0.05) is 53.7 Å². The first-order valence-corrected chi connectivity index (χ1v) is 10.6. The molecule has 9 heteroatoms. The minimum Gasteiger partial charge on any atom is -0.354 e. The minimum atomic E-state index is -3.55. The van der Waals surface area contributed by atoms with Gasteiger partial charge in [0.05, 0.1) is 4.90 Å². The molecule has 2 amide bonds. The standard InChI is InChI=1S/C20H20N4O4S/c25-20(21-19-15-18(28-22-19)16-7-3-1-4-8-16)23-11-13-24(14-12-23)29(26,27)17-9-5-2-6-10-17/h1-10,15H,11-14H2,(H,21,22,25). The van der Waals surface area contributed by atoms with Gasteiger partial charge >= 0.3 is 6.03 Å². The van der Waals surface area contributed by atoms with Gasteiger partial charge < -0.3 is 9.42 Å². The Morgan fingerprint density at radius 2 is 1.55 bits per heavy atom. The number of urea groups is 1. The molecule has 0 bridgehead atoms. The predicted octanol–water partition coefficient (Wildman–Crippen LogP) is 2.88. The molecule has 150 valence electrons. The van der Waals surface area contributed by atoms with Crippen molar-refractivity contribution < 1.29 is 17.7 Å². The number of nitrogens with zero attached hydrogens (tertiary/aromatic N) is 3. The summed E-state index contributed by atoms with van der Waals surface area (Å²) >= 11 is 0. The molecule has 29 heavy (non-hydrogen) atoms. The first-order chi connectivity index (χ1) is 14.0. The smallest absolute Gasteiger partial charge is 0.323 e. The van der Waals surface area contributed by atoms with E-state index in [1.54, 1.807) is 41.3 Å². The van der Waals surface area contributed by atoms with Crippen molar-refractivity contribution in [3.63, 3.8) is 0 Å². The van der Waals surface area contributed by atoms with Gasteiger partial charge in [0.1, 0.15) is 0 Å². The molecule has 1 N–H and O–H groups in total. The van der Waals surface area contributed by atoms with E-state index in [0.717, 1.165) is 5.56 Å². The average molecular weight is 412 g/mol. The number of hydrogen-bond donors (Lipinski definition) is 1. The summed E-state index contributed by atoms with van der Waals surface area (Å²) in [7, 11) is -3.55. The zero-order valence-electron chi connectivity index (χ0n) is 15.6. The third kappa shape index (κ3) is 4.15. The lowest BCUT2D eigenvalue weighted by Gasteiger charge is -2.33. The van der Waals surface area contributed by atoms with Crippen molar-refractivity contribution in [2.24, 2.45) is 0 Å². The summed E-state index contributed by atoms with van der Waals surface area (Å²) in [5.41, 5.74) is 0.861. The van der Waals surface area contributed by atoms with Crippen LogP contribution in [0.2, 0.25) is 0 Å². The van der Waals surface area contributed by atoms with Gasteiger partial charge in [0, 0.05) is 37.8 Å². The lowest BCUT2D eigenvalue weighted by atomic mass is 10.2. The van der Waals surface area contributed by atoms with E-state index in [-0.39, 0.29) is 24.0 Å². The lowest BCUT2D eigenvalue weighted by molar-refractivity contribution is 0.184. The van der Waals surface area contributed by atoms with Crippen LogP contribution < -0.4 is 5.32 Å². The van der Waals surface area contributed by atoms with Gasteiger partial charge in [0.2, 0.25) is 10.0 Å². The molecule has 4 rings (SSSR count). The van der Waals surface area contributed by atoms with Gasteiger partial charge in [0.25, 0.3) is 0 Å². The van der Waals surface area contributed by atoms with Crippen LogP contribution in [0.15, 0.2) is 76.1 Å². The number of piperazine rings is 1. The molecule has 1 aromatic heterocycles. The molecule has 1 saturated heterocycles. The summed E-state index contributed by atoms with van der Waals surface area (Å²) in [5, 5.41) is 6.58. The quantitative estimate of drug-likeness (QED) is 0.711. The first-order valence-electron chi connectivity index (χ1n) is 9.17. The molecule has 0 spiro atoms. The van der Waals surface area contributed by atoms with E-state index < -0.39 is 10.0 Å². The van der Waals surface area contributed by atoms with Crippen LogP contribution >= 0.6 is 0 Å². The Balaban J connectivity index is 1.36. The molecule has 8 nitrogen and oxygen atoms in total. The zero-order valence-corrected chi connectivity index (χ0v) is 16.4. The Kier molecular flexibility index (Phi) is 5.32. The number of rotatable bonds is 4. The fourth-order valence-corrected chi connectivity index (χ4v) is 4.58. The highest BCUT2D eigenvalue weighted by Gasteiger charge is 2.30. The predicted molar refractivity (Wildman–Crippen MR) is 108 cm³/mol. The van der Waals surface area contributed by atoms with Crippen LogP contribution in [0.3, 0.4) is 0 Å². The molecule has 0 atom stereocenters. The summed E-state index contributed by atoms with van der Waals surface area (Å²) < 4.78 is 32.0. The summed E-state index contributed by atoms with van der Waals surface area (Å²) in [6, 6.07) is 19.1. The van der Waals surface area contributed by atoms with E-state index in [9.17, 15) is 13.2 Å². The van der Waals surface area contributed by atoms with Crippen molar-refractivity contribution in [1.82, 2.24) is 14.4 Å². The summed E-state index contributed by atoms with van der Waals surface area (Å²) in [6.07, 6.45) is 0. The van der Waals surface area contributed by atoms with E-state index >= 15 is 0 Å². The van der Waals surface area contributed by atoms with Crippen LogP contribution in [-0.2, 0) is 10.0 Å². The maximum absolute atomic E-state index is 12.7. The van der Waals surface area contributed by atoms with Crippen molar-refractivity contribution in [3.8, 4) is 11.3 Å². The van der Waals surface area contributed by atoms with Crippen LogP contribution in [0.25, 0.3) is 11.3 Å². The van der Waals surface area contributed by atoms with Gasteiger partial charge in [-0.05, 0) is 12.1 Å². The Bertz CT molecular complexity index is 1080. The Labute approximate surface area is 168 Å². The van der Waals surface area contributed by atoms with Crippen LogP contribution in [0.5, 0.6) is 0 Å². The number of benzene rings is 2. The van der Waals surface area contributed by atoms with Crippen LogP contribution in [0.1, 0.15) is 0 Å². The molecule has 0 aliphatic carbocycles. The third-order valence-electron chi connectivity index (χ3n) is 4.71. The molecule has 0 saturated carbocycles. The number of nitrogens with one attached hydrogen (secondary N) is 1. The number of amides is 2. The lowest BCUT2D eigenvalue weighted by Crippen LogP contribution is -2.51. The zero-order chi connectivity index (χ0) is 20.3. The number of aromatic nitrogens is 1. The number of anilines is 1. The molecule has 2 heterocycles. The van der Waals surface area contributed by atoms with Gasteiger partial charge in [-0.15, -0.1) is 0 Å². The van der Waals surface area contributed by atoms with Crippen LogP contribution in [-0.4, -0.2) is 55.0 Å². The van der Waals surface area contributed by atoms with Crippen molar-refractivity contribution in [1.29, 1.82) is 0 Å². The van der Waals surface area contributed by atoms with Crippen molar-refractivity contribution in [3.05, 3.63) is 66.7 Å². The molecular formula is C20H20N4O4S. The number of sulfonamides is 1. The highest BCUT2D eigenvalue weighted by molar-refractivity contribution is 7.89. The molecule has 0 unspecified atom stereocenters. The molecule has 1 aliphatic rings. The number of hydrogen-bond acceptors (Lipinski definition) is 5. The summed E-state index contributed by atoms with van der Waals surface area (Å²) in [5.74, 6) is 0.868. The van der Waals surface area contributed by atoms with E-state index in [1.807, 2.05) is 30.3 Å². The normalized spacial score (nSPS) is 15.2. The number of carbonyl (C=O) groups is 1. The minimum absolute atomic E-state index is 0.235. The molecular weight excluding hydrogens is 392 g/mol. The van der Waals surface area contributed by atoms with E-state index in [0.29, 0.717) is 24.7 Å². The summed E-state index contributed by atoms with van der Waals surface area (Å²) in [6.45, 7) is 1.06. The van der Waals surface area contributed by atoms with Gasteiger partial charge in [-0.25, -0.2) is 13.2 Å². The van der Waals surface area contributed by atoms with E-state index in [2.05, 4.69) is 10.5 Å². The molecule has 2 aromatic carbocycles. The Morgan fingerprint density at radius 3 is 2.21 bits per heavy atom. The van der Waals surface area contributed by atoms with E-state index in [1.165, 1.54) is 4.31 Å². The highest BCUT2D eigenvalue weighted by Crippen LogP contribution is 2.22. The fraction of sp³-hybridized carbons (Fsp3) is 0.200. The van der Waals surface area contributed by atoms with Crippen LogP contribution in [0.4, 0.5) is 10.6 Å². The number of carbonyl (C=O) groups excluding carboxylic acids is 1. The molecule has 1 fully saturated rings. The maximum atomic E-state index is 12.7. The average Bonchev–Trinajstić information content (AvgIpc) is 3.23. The maximum Gasteiger partial charge on any atom is 0.323 e. The van der Waals surface area contributed by atoms with Crippen molar-refractivity contribution in [2.45, 2.75) is 4.90 Å². The van der Waals surface area contributed by atoms with Crippen molar-refractivity contribution in [2.75, 3.05) is 31.5 Å². The summed E-state index contributed by atoms with van der Waals surface area (Å²) in [4.78, 5) is 14.3. The van der Waals surface area contributed by atoms with Gasteiger partial charge in [0.15, 0.2) is 11.6 Å². The molecule has 3 aromatic rings. The largest absolute Gasteiger partial charge is 0.354 e. The van der Waals surface area contributed by atoms with Crippen LogP contribution in [0, 0.1) is 0 Å². The topological polar surface area (TPSA) is 95.8 Å². The second-order valence-electron chi connectivity index (χ2n) is 6.58. The Hall–Kier alpha value is -3.17. The van der Waals surface area contributed by atoms with Crippen molar-refractivity contribution >= 4 is 21.9 Å². The highest BCUT2D eigenvalue weighted by atomic mass is 32.2. The van der Waals surface area contributed by atoms with E-state index in [4.69, 9.17) is 4.52 Å². The second kappa shape index (κ2) is 8.06. The van der Waals surface area contributed by atoms with Gasteiger partial charge in [-0.2, -0.15) is 4.31 Å². The third-order valence-corrected chi connectivity index (χ3v) is 6.62. The second-order valence-corrected chi connectivity index (χ2v) is 8.51. The monoisotopic (exact) mass is 412 g/mol. The molecule has 0 radical (unpaired) electrons. The fourth-order valence-electron chi connectivity index (χ4n) is 3.13. The first kappa shape index (κ1) is 19.2. The Morgan fingerprint density at radius 1 is 0.931 bits per heavy atom. The SMILES string of the molecule is O=C(Nc1cc(-c2ccccc2)on1)N1CCN(S(=O)(=O)c2ccccc2)CC1. The van der Waals surface area contributed by atoms with Gasteiger partial charge in [-0.3, -0.25) is 5.32 Å².